The lowest BCUT2D eigenvalue weighted by atomic mass is 9.97. The number of hydrogen-bond donors (Lipinski definition) is 2. The van der Waals surface area contributed by atoms with Crippen molar-refractivity contribution in [1.82, 2.24) is 15.5 Å². The molecule has 1 aromatic rings. The molecule has 2 N–H and O–H groups in total. The van der Waals surface area contributed by atoms with Crippen LogP contribution >= 0.6 is 24.0 Å². The average molecular weight is 490 g/mol. The Bertz CT molecular complexity index is 530. The molecule has 1 fully saturated rings. The number of nitrogens with zero attached hydrogens (tertiary/aromatic N) is 2. The van der Waals surface area contributed by atoms with E-state index >= 15 is 0 Å². The number of methoxy groups -OCH3 is 1. The number of benzene rings is 1. The van der Waals surface area contributed by atoms with Crippen LogP contribution in [0.3, 0.4) is 0 Å². The molecule has 1 aliphatic rings. The van der Waals surface area contributed by atoms with Gasteiger partial charge in [-0.15, -0.1) is 24.0 Å². The molecule has 7 heteroatoms. The highest BCUT2D eigenvalue weighted by molar-refractivity contribution is 14.0. The molecular formula is C20H35IN4O2. The summed E-state index contributed by atoms with van der Waals surface area (Å²) in [5, 5.41) is 6.87. The Hall–Kier alpha value is -0.900. The smallest absolute Gasteiger partial charge is 0.191 e. The second-order valence-corrected chi connectivity index (χ2v) is 6.77. The van der Waals surface area contributed by atoms with Crippen LogP contribution < -0.4 is 10.6 Å². The van der Waals surface area contributed by atoms with Gasteiger partial charge in [0.1, 0.15) is 0 Å². The zero-order valence-corrected chi connectivity index (χ0v) is 19.1. The fraction of sp³-hybridized carbons (Fsp3) is 0.650. The third-order valence-electron chi connectivity index (χ3n) is 4.78. The first-order valence-corrected chi connectivity index (χ1v) is 9.54. The molecule has 0 aromatic heterocycles. The monoisotopic (exact) mass is 490 g/mol. The normalized spacial score (nSPS) is 20.8. The fourth-order valence-electron chi connectivity index (χ4n) is 3.28. The van der Waals surface area contributed by atoms with E-state index in [2.05, 4.69) is 57.8 Å². The van der Waals surface area contributed by atoms with Gasteiger partial charge in [0.25, 0.3) is 0 Å². The first kappa shape index (κ1) is 24.1. The van der Waals surface area contributed by atoms with Crippen molar-refractivity contribution in [2.75, 3.05) is 47.1 Å². The van der Waals surface area contributed by atoms with E-state index in [0.29, 0.717) is 31.9 Å². The minimum absolute atomic E-state index is 0. The molecule has 2 unspecified atom stereocenters. The Morgan fingerprint density at radius 1 is 1.22 bits per heavy atom. The summed E-state index contributed by atoms with van der Waals surface area (Å²) in [5.41, 5.74) is 1.39. The van der Waals surface area contributed by atoms with Crippen molar-refractivity contribution in [3.8, 4) is 0 Å². The van der Waals surface area contributed by atoms with Gasteiger partial charge in [-0.2, -0.15) is 0 Å². The molecule has 1 saturated heterocycles. The van der Waals surface area contributed by atoms with Crippen molar-refractivity contribution in [3.63, 3.8) is 0 Å². The molecule has 0 radical (unpaired) electrons. The third kappa shape index (κ3) is 9.23. The van der Waals surface area contributed by atoms with Crippen molar-refractivity contribution < 1.29 is 9.47 Å². The van der Waals surface area contributed by atoms with Crippen LogP contribution in [0.4, 0.5) is 0 Å². The summed E-state index contributed by atoms with van der Waals surface area (Å²) in [4.78, 5) is 6.89. The Labute approximate surface area is 181 Å². The van der Waals surface area contributed by atoms with Gasteiger partial charge < -0.3 is 20.1 Å². The lowest BCUT2D eigenvalue weighted by molar-refractivity contribution is 0.0732. The summed E-state index contributed by atoms with van der Waals surface area (Å²) in [6, 6.07) is 11.7. The molecular weight excluding hydrogens is 455 g/mol. The molecule has 154 valence electrons. The van der Waals surface area contributed by atoms with E-state index in [0.717, 1.165) is 38.4 Å². The topological polar surface area (TPSA) is 58.1 Å². The molecule has 1 heterocycles. The minimum atomic E-state index is 0. The molecule has 6 nitrogen and oxygen atoms in total. The lowest BCUT2D eigenvalue weighted by Crippen LogP contribution is -2.51. The Morgan fingerprint density at radius 3 is 2.67 bits per heavy atom. The third-order valence-corrected chi connectivity index (χ3v) is 4.78. The summed E-state index contributed by atoms with van der Waals surface area (Å²) in [6.45, 7) is 7.10. The summed E-state index contributed by atoms with van der Waals surface area (Å²) >= 11 is 0. The summed E-state index contributed by atoms with van der Waals surface area (Å²) < 4.78 is 10.4. The number of likely N-dealkylation sites (tertiary alicyclic amines) is 1. The molecule has 0 amide bonds. The number of aliphatic imine (C=N–C) groups is 1. The first-order valence-electron chi connectivity index (χ1n) is 9.54. The molecule has 27 heavy (non-hydrogen) atoms. The van der Waals surface area contributed by atoms with Crippen LogP contribution in [0.25, 0.3) is 0 Å². The zero-order chi connectivity index (χ0) is 18.6. The van der Waals surface area contributed by atoms with E-state index in [4.69, 9.17) is 9.47 Å². The molecule has 0 spiro atoms. The summed E-state index contributed by atoms with van der Waals surface area (Å²) in [7, 11) is 3.49. The van der Waals surface area contributed by atoms with Gasteiger partial charge in [0, 0.05) is 45.9 Å². The van der Waals surface area contributed by atoms with Crippen LogP contribution in [0.15, 0.2) is 35.3 Å². The number of hydrogen-bond acceptors (Lipinski definition) is 4. The largest absolute Gasteiger partial charge is 0.382 e. The number of rotatable bonds is 9. The number of guanidine groups is 1. The fourth-order valence-corrected chi connectivity index (χ4v) is 3.28. The van der Waals surface area contributed by atoms with Crippen molar-refractivity contribution in [2.24, 2.45) is 4.99 Å². The van der Waals surface area contributed by atoms with Crippen LogP contribution in [0.1, 0.15) is 25.3 Å². The predicted molar refractivity (Wildman–Crippen MR) is 122 cm³/mol. The van der Waals surface area contributed by atoms with Gasteiger partial charge in [-0.1, -0.05) is 30.3 Å². The lowest BCUT2D eigenvalue weighted by Gasteiger charge is -2.38. The second-order valence-electron chi connectivity index (χ2n) is 6.77. The van der Waals surface area contributed by atoms with Gasteiger partial charge >= 0.3 is 0 Å². The van der Waals surface area contributed by atoms with Crippen molar-refractivity contribution in [3.05, 3.63) is 35.9 Å². The maximum Gasteiger partial charge on any atom is 0.191 e. The van der Waals surface area contributed by atoms with E-state index < -0.39 is 0 Å². The maximum absolute atomic E-state index is 5.47. The number of ether oxygens (including phenoxy) is 2. The van der Waals surface area contributed by atoms with Gasteiger partial charge in [0.05, 0.1) is 19.8 Å². The average Bonchev–Trinajstić information content (AvgIpc) is 2.66. The van der Waals surface area contributed by atoms with Crippen molar-refractivity contribution >= 4 is 29.9 Å². The van der Waals surface area contributed by atoms with Crippen molar-refractivity contribution in [2.45, 2.75) is 38.4 Å². The van der Waals surface area contributed by atoms with E-state index in [1.54, 1.807) is 7.11 Å². The molecule has 0 aliphatic carbocycles. The molecule has 0 bridgehead atoms. The molecule has 1 aliphatic heterocycles. The number of piperidine rings is 1. The van der Waals surface area contributed by atoms with Crippen LogP contribution in [-0.2, 0) is 16.0 Å². The first-order chi connectivity index (χ1) is 12.7. The summed E-state index contributed by atoms with van der Waals surface area (Å²) in [5.74, 6) is 0.856. The molecule has 0 saturated carbocycles. The Morgan fingerprint density at radius 2 is 2.00 bits per heavy atom. The van der Waals surface area contributed by atoms with Gasteiger partial charge in [-0.05, 0) is 25.3 Å². The number of halogens is 1. The highest BCUT2D eigenvalue weighted by Crippen LogP contribution is 2.19. The van der Waals surface area contributed by atoms with E-state index in [1.165, 1.54) is 5.56 Å². The van der Waals surface area contributed by atoms with Crippen LogP contribution in [-0.4, -0.2) is 70.0 Å². The van der Waals surface area contributed by atoms with Gasteiger partial charge in [-0.25, -0.2) is 0 Å². The zero-order valence-electron chi connectivity index (χ0n) is 16.8. The molecule has 2 rings (SSSR count). The highest BCUT2D eigenvalue weighted by atomic mass is 127. The predicted octanol–water partition coefficient (Wildman–Crippen LogP) is 2.49. The Balaban J connectivity index is 0.00000364. The van der Waals surface area contributed by atoms with Crippen LogP contribution in [0.2, 0.25) is 0 Å². The van der Waals surface area contributed by atoms with E-state index in [9.17, 15) is 0 Å². The van der Waals surface area contributed by atoms with Crippen molar-refractivity contribution in [1.29, 1.82) is 0 Å². The van der Waals surface area contributed by atoms with E-state index in [1.807, 2.05) is 7.05 Å². The van der Waals surface area contributed by atoms with Gasteiger partial charge in [-0.3, -0.25) is 9.89 Å². The number of nitrogens with one attached hydrogen (secondary N) is 2. The molecule has 2 atom stereocenters. The highest BCUT2D eigenvalue weighted by Gasteiger charge is 2.25. The second kappa shape index (κ2) is 14.1. The maximum atomic E-state index is 5.47. The Kier molecular flexibility index (Phi) is 12.6. The molecule has 1 aromatic carbocycles. The summed E-state index contributed by atoms with van der Waals surface area (Å²) in [6.07, 6.45) is 2.25. The minimum Gasteiger partial charge on any atom is -0.382 e. The van der Waals surface area contributed by atoms with E-state index in [-0.39, 0.29) is 24.0 Å². The van der Waals surface area contributed by atoms with Gasteiger partial charge in [0.2, 0.25) is 0 Å². The van der Waals surface area contributed by atoms with Crippen LogP contribution in [0.5, 0.6) is 0 Å². The van der Waals surface area contributed by atoms with Gasteiger partial charge in [0.15, 0.2) is 5.96 Å². The quantitative estimate of drug-likeness (QED) is 0.241. The SMILES string of the molecule is CN=C(NCCOCCOC)NC1CCN(Cc2ccccc2)C(C)C1.I. The standard InChI is InChI=1S/C20H34N4O2.HI/c1-17-15-19(9-11-24(17)16-18-7-5-4-6-8-18)23-20(21-2)22-10-12-26-14-13-25-3;/h4-8,17,19H,9-16H2,1-3H3,(H2,21,22,23);1H. The van der Waals surface area contributed by atoms with Crippen LogP contribution in [0, 0.1) is 0 Å².